The van der Waals surface area contributed by atoms with Gasteiger partial charge in [-0.15, -0.1) is 0 Å². The van der Waals surface area contributed by atoms with Crippen LogP contribution in [0.5, 0.6) is 11.6 Å². The molecular formula is C18H16ClN3O. The molecule has 0 atom stereocenters. The first-order chi connectivity index (χ1) is 11.3. The summed E-state index contributed by atoms with van der Waals surface area (Å²) in [4.78, 5) is 8.78. The van der Waals surface area contributed by atoms with Crippen molar-refractivity contribution >= 4 is 11.6 Å². The topological polar surface area (TPSA) is 61.0 Å². The highest BCUT2D eigenvalue weighted by molar-refractivity contribution is 6.30. The van der Waals surface area contributed by atoms with Crippen molar-refractivity contribution in [2.45, 2.75) is 6.42 Å². The summed E-state index contributed by atoms with van der Waals surface area (Å²) in [5, 5.41) is 0.663. The largest absolute Gasteiger partial charge is 0.438 e. The number of benzene rings is 1. The van der Waals surface area contributed by atoms with Crippen LogP contribution in [0, 0.1) is 0 Å². The number of ether oxygens (including phenoxy) is 1. The van der Waals surface area contributed by atoms with Crippen molar-refractivity contribution < 1.29 is 4.74 Å². The Morgan fingerprint density at radius 1 is 0.913 bits per heavy atom. The number of rotatable bonds is 5. The molecule has 0 unspecified atom stereocenters. The van der Waals surface area contributed by atoms with E-state index in [1.165, 1.54) is 0 Å². The third-order valence-corrected chi connectivity index (χ3v) is 3.61. The minimum absolute atomic E-state index is 0.529. The summed E-state index contributed by atoms with van der Waals surface area (Å²) in [5.74, 6) is 1.21. The van der Waals surface area contributed by atoms with Crippen molar-refractivity contribution in [3.63, 3.8) is 0 Å². The molecule has 1 aromatic carbocycles. The maximum atomic E-state index is 5.92. The van der Waals surface area contributed by atoms with E-state index in [1.807, 2.05) is 36.4 Å². The first kappa shape index (κ1) is 15.5. The molecule has 0 aliphatic rings. The Balaban J connectivity index is 1.99. The molecule has 2 N–H and O–H groups in total. The summed E-state index contributed by atoms with van der Waals surface area (Å²) >= 11 is 5.91. The molecule has 0 aliphatic heterocycles. The number of nitrogens with zero attached hydrogens (tertiary/aromatic N) is 2. The van der Waals surface area contributed by atoms with Crippen LogP contribution in [0.1, 0.15) is 5.69 Å². The molecule has 3 aromatic rings. The van der Waals surface area contributed by atoms with E-state index in [4.69, 9.17) is 22.1 Å². The summed E-state index contributed by atoms with van der Waals surface area (Å²) in [6.07, 6.45) is 4.17. The fourth-order valence-corrected chi connectivity index (χ4v) is 2.44. The summed E-state index contributed by atoms with van der Waals surface area (Å²) in [6.45, 7) is 0.539. The molecule has 0 fully saturated rings. The Labute approximate surface area is 139 Å². The van der Waals surface area contributed by atoms with Crippen LogP contribution in [0.4, 0.5) is 0 Å². The smallest absolute Gasteiger partial charge is 0.227 e. The van der Waals surface area contributed by atoms with E-state index < -0.39 is 0 Å². The minimum Gasteiger partial charge on any atom is -0.438 e. The summed E-state index contributed by atoms with van der Waals surface area (Å²) in [6, 6.07) is 14.9. The van der Waals surface area contributed by atoms with Gasteiger partial charge in [0.15, 0.2) is 0 Å². The van der Waals surface area contributed by atoms with Gasteiger partial charge in [0, 0.05) is 40.7 Å². The van der Waals surface area contributed by atoms with Crippen LogP contribution in [0.2, 0.25) is 5.02 Å². The Morgan fingerprint density at radius 2 is 1.61 bits per heavy atom. The van der Waals surface area contributed by atoms with Crippen molar-refractivity contribution in [1.29, 1.82) is 0 Å². The van der Waals surface area contributed by atoms with Crippen LogP contribution >= 0.6 is 11.6 Å². The lowest BCUT2D eigenvalue weighted by atomic mass is 10.0. The molecule has 2 aromatic heterocycles. The number of nitrogens with two attached hydrogens (primary N) is 1. The number of hydrogen-bond acceptors (Lipinski definition) is 4. The van der Waals surface area contributed by atoms with Crippen LogP contribution in [-0.4, -0.2) is 16.5 Å². The Kier molecular flexibility index (Phi) is 4.86. The van der Waals surface area contributed by atoms with Crippen LogP contribution in [0.15, 0.2) is 60.9 Å². The maximum Gasteiger partial charge on any atom is 0.227 e. The lowest BCUT2D eigenvalue weighted by molar-refractivity contribution is 0.465. The van der Waals surface area contributed by atoms with Gasteiger partial charge in [0.25, 0.3) is 0 Å². The zero-order valence-electron chi connectivity index (χ0n) is 12.4. The minimum atomic E-state index is 0.529. The quantitative estimate of drug-likeness (QED) is 0.767. The van der Waals surface area contributed by atoms with Crippen molar-refractivity contribution in [2.24, 2.45) is 5.73 Å². The van der Waals surface area contributed by atoms with Crippen LogP contribution < -0.4 is 10.5 Å². The molecule has 0 amide bonds. The first-order valence-electron chi connectivity index (χ1n) is 7.30. The van der Waals surface area contributed by atoms with E-state index in [0.717, 1.165) is 16.8 Å². The lowest BCUT2D eigenvalue weighted by Crippen LogP contribution is -2.06. The molecule has 3 rings (SSSR count). The molecule has 23 heavy (non-hydrogen) atoms. The van der Waals surface area contributed by atoms with Gasteiger partial charge >= 0.3 is 0 Å². The highest BCUT2D eigenvalue weighted by Gasteiger charge is 2.12. The molecule has 116 valence electrons. The molecule has 0 radical (unpaired) electrons. The van der Waals surface area contributed by atoms with Crippen molar-refractivity contribution in [1.82, 2.24) is 9.97 Å². The van der Waals surface area contributed by atoms with E-state index in [0.29, 0.717) is 29.6 Å². The molecule has 0 spiro atoms. The average molecular weight is 326 g/mol. The van der Waals surface area contributed by atoms with Gasteiger partial charge in [-0.2, -0.15) is 0 Å². The zero-order chi connectivity index (χ0) is 16.1. The highest BCUT2D eigenvalue weighted by atomic mass is 35.5. The van der Waals surface area contributed by atoms with E-state index >= 15 is 0 Å². The van der Waals surface area contributed by atoms with Gasteiger partial charge in [-0.05, 0) is 49.0 Å². The summed E-state index contributed by atoms with van der Waals surface area (Å²) in [7, 11) is 0. The zero-order valence-corrected chi connectivity index (χ0v) is 13.2. The molecule has 2 heterocycles. The van der Waals surface area contributed by atoms with Gasteiger partial charge < -0.3 is 10.5 Å². The SMILES string of the molecule is NCCc1ncccc1-c1cccnc1Oc1ccc(Cl)cc1. The Morgan fingerprint density at radius 3 is 2.35 bits per heavy atom. The van der Waals surface area contributed by atoms with Gasteiger partial charge in [0.05, 0.1) is 0 Å². The van der Waals surface area contributed by atoms with Gasteiger partial charge in [0.2, 0.25) is 5.88 Å². The third kappa shape index (κ3) is 3.67. The van der Waals surface area contributed by atoms with E-state index in [9.17, 15) is 0 Å². The molecule has 4 nitrogen and oxygen atoms in total. The Hall–Kier alpha value is -2.43. The Bertz CT molecular complexity index is 790. The van der Waals surface area contributed by atoms with Crippen molar-refractivity contribution in [2.75, 3.05) is 6.54 Å². The normalized spacial score (nSPS) is 10.5. The average Bonchev–Trinajstić information content (AvgIpc) is 2.58. The predicted octanol–water partition coefficient (Wildman–Crippen LogP) is 4.09. The standard InChI is InChI=1S/C18H16ClN3O/c19-13-5-7-14(8-6-13)23-18-16(4-2-12-22-18)15-3-1-11-21-17(15)9-10-20/h1-8,11-12H,9-10,20H2. The maximum absolute atomic E-state index is 5.92. The van der Waals surface area contributed by atoms with Crippen LogP contribution in [-0.2, 0) is 6.42 Å². The second-order valence-electron chi connectivity index (χ2n) is 4.95. The van der Waals surface area contributed by atoms with E-state index in [-0.39, 0.29) is 0 Å². The van der Waals surface area contributed by atoms with Crippen molar-refractivity contribution in [3.05, 3.63) is 71.6 Å². The van der Waals surface area contributed by atoms with Gasteiger partial charge in [0.1, 0.15) is 5.75 Å². The van der Waals surface area contributed by atoms with Crippen LogP contribution in [0.3, 0.4) is 0 Å². The van der Waals surface area contributed by atoms with E-state index in [1.54, 1.807) is 24.5 Å². The number of pyridine rings is 2. The first-order valence-corrected chi connectivity index (χ1v) is 7.68. The molecule has 0 bridgehead atoms. The summed E-state index contributed by atoms with van der Waals surface area (Å²) < 4.78 is 5.92. The second kappa shape index (κ2) is 7.22. The molecule has 0 saturated heterocycles. The fraction of sp³-hybridized carbons (Fsp3) is 0.111. The fourth-order valence-electron chi connectivity index (χ4n) is 2.31. The summed E-state index contributed by atoms with van der Waals surface area (Å²) in [5.41, 5.74) is 8.49. The number of aromatic nitrogens is 2. The van der Waals surface area contributed by atoms with Gasteiger partial charge in [-0.1, -0.05) is 17.7 Å². The lowest BCUT2D eigenvalue weighted by Gasteiger charge is -2.12. The highest BCUT2D eigenvalue weighted by Crippen LogP contribution is 2.33. The number of hydrogen-bond donors (Lipinski definition) is 1. The second-order valence-corrected chi connectivity index (χ2v) is 5.38. The van der Waals surface area contributed by atoms with Crippen molar-refractivity contribution in [3.8, 4) is 22.8 Å². The van der Waals surface area contributed by atoms with Gasteiger partial charge in [-0.25, -0.2) is 4.98 Å². The monoisotopic (exact) mass is 325 g/mol. The van der Waals surface area contributed by atoms with Crippen LogP contribution in [0.25, 0.3) is 11.1 Å². The molecule has 0 saturated carbocycles. The number of halogens is 1. The molecule has 0 aliphatic carbocycles. The molecular weight excluding hydrogens is 310 g/mol. The molecule has 5 heteroatoms. The third-order valence-electron chi connectivity index (χ3n) is 3.36. The van der Waals surface area contributed by atoms with E-state index in [2.05, 4.69) is 9.97 Å². The van der Waals surface area contributed by atoms with Gasteiger partial charge in [-0.3, -0.25) is 4.98 Å². The predicted molar refractivity (Wildman–Crippen MR) is 91.8 cm³/mol.